The summed E-state index contributed by atoms with van der Waals surface area (Å²) in [5, 5.41) is 3.46. The minimum Gasteiger partial charge on any atom is -0.312 e. The van der Waals surface area contributed by atoms with E-state index in [2.05, 4.69) is 17.4 Å². The minimum atomic E-state index is 0.206. The third kappa shape index (κ3) is 4.86. The number of nitrogens with one attached hydrogen (secondary N) is 1. The normalized spacial score (nSPS) is 17.4. The number of para-hydroxylation sites is 1. The van der Waals surface area contributed by atoms with Gasteiger partial charge in [-0.3, -0.25) is 4.79 Å². The molecule has 0 aliphatic carbocycles. The fraction of sp³-hybridized carbons (Fsp3) is 0.350. The number of hydrogen-bond donors (Lipinski definition) is 1. The van der Waals surface area contributed by atoms with Crippen LogP contribution >= 0.6 is 11.8 Å². The number of anilines is 1. The van der Waals surface area contributed by atoms with E-state index in [0.717, 1.165) is 30.2 Å². The molecule has 1 aliphatic heterocycles. The van der Waals surface area contributed by atoms with E-state index < -0.39 is 0 Å². The van der Waals surface area contributed by atoms with Crippen LogP contribution in [-0.4, -0.2) is 36.5 Å². The van der Waals surface area contributed by atoms with Gasteiger partial charge in [0.1, 0.15) is 0 Å². The maximum absolute atomic E-state index is 12.9. The molecule has 24 heavy (non-hydrogen) atoms. The largest absolute Gasteiger partial charge is 0.312 e. The van der Waals surface area contributed by atoms with E-state index in [4.69, 9.17) is 0 Å². The Morgan fingerprint density at radius 2 is 1.79 bits per heavy atom. The lowest BCUT2D eigenvalue weighted by Crippen LogP contribution is -2.43. The van der Waals surface area contributed by atoms with Crippen molar-refractivity contribution < 1.29 is 4.79 Å². The first-order valence-electron chi connectivity index (χ1n) is 8.53. The molecule has 1 atom stereocenters. The van der Waals surface area contributed by atoms with E-state index in [0.29, 0.717) is 19.0 Å². The zero-order valence-electron chi connectivity index (χ0n) is 13.9. The minimum absolute atomic E-state index is 0.206. The second-order valence-corrected chi connectivity index (χ2v) is 7.20. The number of carbonyl (C=O) groups is 1. The number of nitrogens with zero attached hydrogens (tertiary/aromatic N) is 1. The highest BCUT2D eigenvalue weighted by Crippen LogP contribution is 2.18. The standard InChI is InChI=1S/C20H24N2OS/c23-20(15-18-16-24-14-12-21-18)22(19-9-5-2-6-10-19)13-11-17-7-3-1-4-8-17/h1-10,18,21H,11-16H2. The van der Waals surface area contributed by atoms with Gasteiger partial charge in [0, 0.05) is 42.7 Å². The van der Waals surface area contributed by atoms with E-state index >= 15 is 0 Å². The molecule has 1 heterocycles. The highest BCUT2D eigenvalue weighted by Gasteiger charge is 2.21. The molecule has 3 nitrogen and oxygen atoms in total. The lowest BCUT2D eigenvalue weighted by Gasteiger charge is -2.27. The molecular weight excluding hydrogens is 316 g/mol. The summed E-state index contributed by atoms with van der Waals surface area (Å²) in [5.74, 6) is 2.37. The number of thioether (sulfide) groups is 1. The van der Waals surface area contributed by atoms with Gasteiger partial charge in [-0.05, 0) is 24.1 Å². The molecular formula is C20H24N2OS. The van der Waals surface area contributed by atoms with Crippen LogP contribution in [0.25, 0.3) is 0 Å². The van der Waals surface area contributed by atoms with Gasteiger partial charge in [-0.15, -0.1) is 0 Å². The van der Waals surface area contributed by atoms with Gasteiger partial charge in [0.2, 0.25) is 5.91 Å². The number of carbonyl (C=O) groups excluding carboxylic acids is 1. The van der Waals surface area contributed by atoms with Crippen molar-refractivity contribution in [2.24, 2.45) is 0 Å². The summed E-state index contributed by atoms with van der Waals surface area (Å²) in [7, 11) is 0. The Kier molecular flexibility index (Phi) is 6.33. The number of hydrogen-bond acceptors (Lipinski definition) is 3. The van der Waals surface area contributed by atoms with Crippen LogP contribution in [0.15, 0.2) is 60.7 Å². The first-order valence-corrected chi connectivity index (χ1v) is 9.69. The Balaban J connectivity index is 1.68. The summed E-state index contributed by atoms with van der Waals surface area (Å²) in [5.41, 5.74) is 2.25. The molecule has 2 aromatic rings. The molecule has 126 valence electrons. The van der Waals surface area contributed by atoms with Crippen LogP contribution in [0, 0.1) is 0 Å². The Hall–Kier alpha value is -1.78. The van der Waals surface area contributed by atoms with Crippen LogP contribution in [0.4, 0.5) is 5.69 Å². The molecule has 2 aromatic carbocycles. The van der Waals surface area contributed by atoms with Crippen molar-refractivity contribution in [3.63, 3.8) is 0 Å². The SMILES string of the molecule is O=C(CC1CSCCN1)N(CCc1ccccc1)c1ccccc1. The maximum Gasteiger partial charge on any atom is 0.228 e. The average Bonchev–Trinajstić information content (AvgIpc) is 2.64. The zero-order chi connectivity index (χ0) is 16.6. The third-order valence-corrected chi connectivity index (χ3v) is 5.39. The summed E-state index contributed by atoms with van der Waals surface area (Å²) in [4.78, 5) is 14.8. The van der Waals surface area contributed by atoms with Gasteiger partial charge in [-0.25, -0.2) is 0 Å². The number of amides is 1. The van der Waals surface area contributed by atoms with E-state index in [-0.39, 0.29) is 5.91 Å². The first kappa shape index (κ1) is 17.1. The molecule has 1 fully saturated rings. The van der Waals surface area contributed by atoms with Crippen molar-refractivity contribution in [1.29, 1.82) is 0 Å². The van der Waals surface area contributed by atoms with E-state index in [1.54, 1.807) is 0 Å². The topological polar surface area (TPSA) is 32.3 Å². The Labute approximate surface area is 148 Å². The Morgan fingerprint density at radius 1 is 1.08 bits per heavy atom. The van der Waals surface area contributed by atoms with Crippen LogP contribution in [0.3, 0.4) is 0 Å². The first-order chi connectivity index (χ1) is 11.8. The Bertz CT molecular complexity index is 627. The number of rotatable bonds is 6. The molecule has 1 amide bonds. The lowest BCUT2D eigenvalue weighted by atomic mass is 10.1. The van der Waals surface area contributed by atoms with Crippen LogP contribution < -0.4 is 10.2 Å². The average molecular weight is 340 g/mol. The van der Waals surface area contributed by atoms with Crippen molar-refractivity contribution in [3.8, 4) is 0 Å². The second kappa shape index (κ2) is 8.90. The van der Waals surface area contributed by atoms with Crippen LogP contribution in [0.1, 0.15) is 12.0 Å². The van der Waals surface area contributed by atoms with E-state index in [1.165, 1.54) is 5.56 Å². The Morgan fingerprint density at radius 3 is 2.46 bits per heavy atom. The zero-order valence-corrected chi connectivity index (χ0v) is 14.7. The smallest absolute Gasteiger partial charge is 0.228 e. The van der Waals surface area contributed by atoms with Gasteiger partial charge in [0.25, 0.3) is 0 Å². The van der Waals surface area contributed by atoms with Crippen molar-refractivity contribution in [3.05, 3.63) is 66.2 Å². The summed E-state index contributed by atoms with van der Waals surface area (Å²) in [6.45, 7) is 1.71. The molecule has 1 aliphatic rings. The summed E-state index contributed by atoms with van der Waals surface area (Å²) >= 11 is 1.93. The monoisotopic (exact) mass is 340 g/mol. The molecule has 3 rings (SSSR count). The van der Waals surface area contributed by atoms with Gasteiger partial charge >= 0.3 is 0 Å². The highest BCUT2D eigenvalue weighted by atomic mass is 32.2. The lowest BCUT2D eigenvalue weighted by molar-refractivity contribution is -0.119. The van der Waals surface area contributed by atoms with Crippen molar-refractivity contribution >= 4 is 23.4 Å². The highest BCUT2D eigenvalue weighted by molar-refractivity contribution is 7.99. The number of benzene rings is 2. The molecule has 0 saturated carbocycles. The molecule has 0 aromatic heterocycles. The summed E-state index contributed by atoms with van der Waals surface area (Å²) in [6, 6.07) is 20.7. The van der Waals surface area contributed by atoms with Crippen molar-refractivity contribution in [1.82, 2.24) is 5.32 Å². The van der Waals surface area contributed by atoms with Crippen LogP contribution in [0.2, 0.25) is 0 Å². The molecule has 1 unspecified atom stereocenters. The quantitative estimate of drug-likeness (QED) is 0.875. The fourth-order valence-electron chi connectivity index (χ4n) is 2.96. The molecule has 0 spiro atoms. The second-order valence-electron chi connectivity index (χ2n) is 6.05. The van der Waals surface area contributed by atoms with Crippen LogP contribution in [-0.2, 0) is 11.2 Å². The fourth-order valence-corrected chi connectivity index (χ4v) is 3.91. The maximum atomic E-state index is 12.9. The summed E-state index contributed by atoms with van der Waals surface area (Å²) in [6.07, 6.45) is 1.44. The van der Waals surface area contributed by atoms with Gasteiger partial charge in [0.15, 0.2) is 0 Å². The van der Waals surface area contributed by atoms with Gasteiger partial charge in [0.05, 0.1) is 0 Å². The molecule has 1 N–H and O–H groups in total. The third-order valence-electron chi connectivity index (χ3n) is 4.26. The van der Waals surface area contributed by atoms with Gasteiger partial charge in [-0.2, -0.15) is 11.8 Å². The predicted molar refractivity (Wildman–Crippen MR) is 103 cm³/mol. The molecule has 1 saturated heterocycles. The summed E-state index contributed by atoms with van der Waals surface area (Å²) < 4.78 is 0. The van der Waals surface area contributed by atoms with E-state index in [1.807, 2.05) is 65.2 Å². The van der Waals surface area contributed by atoms with Crippen molar-refractivity contribution in [2.75, 3.05) is 29.5 Å². The van der Waals surface area contributed by atoms with Crippen LogP contribution in [0.5, 0.6) is 0 Å². The van der Waals surface area contributed by atoms with Gasteiger partial charge in [-0.1, -0.05) is 48.5 Å². The van der Waals surface area contributed by atoms with Gasteiger partial charge < -0.3 is 10.2 Å². The molecule has 0 bridgehead atoms. The van der Waals surface area contributed by atoms with Crippen molar-refractivity contribution in [2.45, 2.75) is 18.9 Å². The van der Waals surface area contributed by atoms with E-state index in [9.17, 15) is 4.79 Å². The molecule has 4 heteroatoms. The molecule has 0 radical (unpaired) electrons. The predicted octanol–water partition coefficient (Wildman–Crippen LogP) is 3.36.